The van der Waals surface area contributed by atoms with Crippen molar-refractivity contribution in [2.24, 2.45) is 0 Å². The van der Waals surface area contributed by atoms with Crippen molar-refractivity contribution in [1.82, 2.24) is 10.2 Å². The number of sulfonamides is 1. The second-order valence-electron chi connectivity index (χ2n) is 9.26. The van der Waals surface area contributed by atoms with E-state index in [1.807, 2.05) is 13.8 Å². The first-order chi connectivity index (χ1) is 19.6. The summed E-state index contributed by atoms with van der Waals surface area (Å²) in [6, 6.07) is 17.3. The largest absolute Gasteiger partial charge is 0.494 e. The Balaban J connectivity index is 2.04. The van der Waals surface area contributed by atoms with Crippen LogP contribution >= 0.6 is 15.9 Å². The molecule has 0 saturated heterocycles. The predicted molar refractivity (Wildman–Crippen MR) is 161 cm³/mol. The van der Waals surface area contributed by atoms with Crippen molar-refractivity contribution in [3.05, 3.63) is 88.6 Å². The van der Waals surface area contributed by atoms with E-state index in [-0.39, 0.29) is 23.0 Å². The molecule has 11 heteroatoms. The highest BCUT2D eigenvalue weighted by Gasteiger charge is 2.33. The van der Waals surface area contributed by atoms with Gasteiger partial charge in [-0.2, -0.15) is 0 Å². The van der Waals surface area contributed by atoms with Crippen molar-refractivity contribution in [1.29, 1.82) is 0 Å². The van der Waals surface area contributed by atoms with Gasteiger partial charge in [0, 0.05) is 17.6 Å². The van der Waals surface area contributed by atoms with E-state index in [9.17, 15) is 22.4 Å². The number of hydrogen-bond donors (Lipinski definition) is 1. The summed E-state index contributed by atoms with van der Waals surface area (Å²) in [5.41, 5.74) is 0.861. The number of carbonyl (C=O) groups excluding carboxylic acids is 2. The summed E-state index contributed by atoms with van der Waals surface area (Å²) in [7, 11) is -4.20. The average molecular weight is 649 g/mol. The predicted octanol–water partition coefficient (Wildman–Crippen LogP) is 5.52. The summed E-state index contributed by atoms with van der Waals surface area (Å²) in [6.45, 7) is 5.85. The Morgan fingerprint density at radius 3 is 2.15 bits per heavy atom. The number of nitrogens with zero attached hydrogens (tertiary/aromatic N) is 2. The number of ether oxygens (including phenoxy) is 1. The Labute approximate surface area is 249 Å². The molecule has 0 fully saturated rings. The molecule has 0 aliphatic carbocycles. The smallest absolute Gasteiger partial charge is 0.264 e. The second kappa shape index (κ2) is 15.0. The minimum Gasteiger partial charge on any atom is -0.494 e. The van der Waals surface area contributed by atoms with Gasteiger partial charge in [0.25, 0.3) is 10.0 Å². The Morgan fingerprint density at radius 2 is 1.59 bits per heavy atom. The van der Waals surface area contributed by atoms with E-state index in [0.717, 1.165) is 4.31 Å². The lowest BCUT2D eigenvalue weighted by molar-refractivity contribution is -0.140. The van der Waals surface area contributed by atoms with Crippen molar-refractivity contribution in [3.8, 4) is 5.75 Å². The third-order valence-corrected chi connectivity index (χ3v) is 8.63. The minimum absolute atomic E-state index is 0.000185. The topological polar surface area (TPSA) is 96.0 Å². The van der Waals surface area contributed by atoms with Crippen LogP contribution in [0.2, 0.25) is 0 Å². The Morgan fingerprint density at radius 1 is 0.951 bits per heavy atom. The van der Waals surface area contributed by atoms with Crippen molar-refractivity contribution in [3.63, 3.8) is 0 Å². The van der Waals surface area contributed by atoms with Gasteiger partial charge in [0.05, 0.1) is 17.2 Å². The lowest BCUT2D eigenvalue weighted by Gasteiger charge is -2.33. The molecule has 0 aromatic heterocycles. The number of halogens is 2. The van der Waals surface area contributed by atoms with Crippen LogP contribution in [0.1, 0.15) is 39.2 Å². The molecule has 3 aromatic carbocycles. The van der Waals surface area contributed by atoms with Gasteiger partial charge in [-0.15, -0.1) is 0 Å². The van der Waals surface area contributed by atoms with Crippen LogP contribution in [0, 0.1) is 5.82 Å². The molecule has 2 amide bonds. The van der Waals surface area contributed by atoms with Crippen molar-refractivity contribution in [2.75, 3.05) is 24.0 Å². The first kappa shape index (κ1) is 32.1. The van der Waals surface area contributed by atoms with Crippen LogP contribution in [0.15, 0.2) is 82.2 Å². The normalized spacial score (nSPS) is 11.9. The van der Waals surface area contributed by atoms with Gasteiger partial charge >= 0.3 is 0 Å². The number of hydrogen-bond acceptors (Lipinski definition) is 5. The molecule has 8 nitrogen and oxygen atoms in total. The first-order valence-corrected chi connectivity index (χ1v) is 15.7. The van der Waals surface area contributed by atoms with Gasteiger partial charge in [-0.1, -0.05) is 41.9 Å². The van der Waals surface area contributed by atoms with Gasteiger partial charge in [0.15, 0.2) is 0 Å². The Bertz CT molecular complexity index is 1400. The maximum atomic E-state index is 14.0. The van der Waals surface area contributed by atoms with E-state index in [1.54, 1.807) is 43.3 Å². The monoisotopic (exact) mass is 647 g/mol. The maximum Gasteiger partial charge on any atom is 0.264 e. The van der Waals surface area contributed by atoms with E-state index >= 15 is 0 Å². The molecule has 0 bridgehead atoms. The van der Waals surface area contributed by atoms with Gasteiger partial charge in [0.2, 0.25) is 11.8 Å². The van der Waals surface area contributed by atoms with Crippen molar-refractivity contribution < 1.29 is 27.1 Å². The van der Waals surface area contributed by atoms with E-state index in [0.29, 0.717) is 41.8 Å². The van der Waals surface area contributed by atoms with Gasteiger partial charge in [0.1, 0.15) is 24.2 Å². The van der Waals surface area contributed by atoms with Crippen LogP contribution in [0.4, 0.5) is 10.1 Å². The maximum absolute atomic E-state index is 14.0. The van der Waals surface area contributed by atoms with Gasteiger partial charge in [-0.05, 0) is 86.0 Å². The summed E-state index contributed by atoms with van der Waals surface area (Å²) < 4.78 is 48.7. The summed E-state index contributed by atoms with van der Waals surface area (Å²) in [4.78, 5) is 28.5. The molecular weight excluding hydrogens is 613 g/mol. The molecule has 0 heterocycles. The zero-order valence-corrected chi connectivity index (χ0v) is 25.8. The zero-order valence-electron chi connectivity index (χ0n) is 23.3. The van der Waals surface area contributed by atoms with Crippen LogP contribution in [0.5, 0.6) is 5.75 Å². The van der Waals surface area contributed by atoms with Gasteiger partial charge in [-0.25, -0.2) is 12.8 Å². The number of carbonyl (C=O) groups is 2. The van der Waals surface area contributed by atoms with E-state index in [1.165, 1.54) is 41.3 Å². The SMILES string of the molecule is CCCNC(=O)[C@H](CC)N(Cc1ccc(F)cc1)C(=O)CN(c1ccc(OCC)cc1)S(=O)(=O)c1ccc(Br)cc1. The van der Waals surface area contributed by atoms with E-state index in [2.05, 4.69) is 21.2 Å². The fraction of sp³-hybridized carbons (Fsp3) is 0.333. The van der Waals surface area contributed by atoms with Crippen LogP contribution in [0.25, 0.3) is 0 Å². The van der Waals surface area contributed by atoms with Gasteiger partial charge in [-0.3, -0.25) is 13.9 Å². The minimum atomic E-state index is -4.20. The lowest BCUT2D eigenvalue weighted by atomic mass is 10.1. The van der Waals surface area contributed by atoms with Crippen molar-refractivity contribution in [2.45, 2.75) is 51.1 Å². The number of benzene rings is 3. The van der Waals surface area contributed by atoms with E-state index in [4.69, 9.17) is 4.74 Å². The molecule has 0 saturated carbocycles. The van der Waals surface area contributed by atoms with Crippen molar-refractivity contribution >= 4 is 43.5 Å². The highest BCUT2D eigenvalue weighted by molar-refractivity contribution is 9.10. The Hall–Kier alpha value is -3.44. The summed E-state index contributed by atoms with van der Waals surface area (Å²) >= 11 is 3.32. The molecule has 3 aromatic rings. The molecular formula is C30H35BrFN3O5S. The van der Waals surface area contributed by atoms with Gasteiger partial charge < -0.3 is 15.0 Å². The molecule has 0 aliphatic heterocycles. The number of nitrogens with one attached hydrogen (secondary N) is 1. The van der Waals surface area contributed by atoms with Crippen LogP contribution in [-0.4, -0.2) is 50.9 Å². The number of anilines is 1. The number of amides is 2. The lowest BCUT2D eigenvalue weighted by Crippen LogP contribution is -2.52. The fourth-order valence-electron chi connectivity index (χ4n) is 4.21. The zero-order chi connectivity index (χ0) is 30.0. The molecule has 1 atom stereocenters. The molecule has 0 spiro atoms. The number of rotatable bonds is 14. The molecule has 1 N–H and O–H groups in total. The molecule has 3 rings (SSSR count). The highest BCUT2D eigenvalue weighted by Crippen LogP contribution is 2.27. The highest BCUT2D eigenvalue weighted by atomic mass is 79.9. The quantitative estimate of drug-likeness (QED) is 0.249. The third kappa shape index (κ3) is 8.53. The van der Waals surface area contributed by atoms with E-state index < -0.39 is 34.3 Å². The molecule has 220 valence electrons. The standard InChI is InChI=1S/C30H35BrFN3O5S/c1-4-19-33-30(37)28(5-2)34(20-22-7-11-24(32)12-8-22)29(36)21-35(25-13-15-26(16-14-25)40-6-3)41(38,39)27-17-9-23(31)10-18-27/h7-18,28H,4-6,19-21H2,1-3H3,(H,33,37)/t28-/m0/s1. The Kier molecular flexibility index (Phi) is 11.7. The van der Waals surface area contributed by atoms with Crippen LogP contribution in [-0.2, 0) is 26.2 Å². The van der Waals surface area contributed by atoms with Crippen LogP contribution < -0.4 is 14.4 Å². The molecule has 41 heavy (non-hydrogen) atoms. The van der Waals surface area contributed by atoms with Crippen LogP contribution in [0.3, 0.4) is 0 Å². The fourth-order valence-corrected chi connectivity index (χ4v) is 5.89. The molecule has 0 aliphatic rings. The third-order valence-electron chi connectivity index (χ3n) is 6.32. The first-order valence-electron chi connectivity index (χ1n) is 13.4. The average Bonchev–Trinajstić information content (AvgIpc) is 2.96. The summed E-state index contributed by atoms with van der Waals surface area (Å²) in [5, 5.41) is 2.84. The molecule has 0 radical (unpaired) electrons. The second-order valence-corrected chi connectivity index (χ2v) is 12.0. The summed E-state index contributed by atoms with van der Waals surface area (Å²) in [5.74, 6) is -0.794. The summed E-state index contributed by atoms with van der Waals surface area (Å²) in [6.07, 6.45) is 1.01. The molecule has 0 unspecified atom stereocenters.